The van der Waals surface area contributed by atoms with Crippen molar-refractivity contribution >= 4 is 44.1 Å². The molecule has 0 fully saturated rings. The molecule has 2 heterocycles. The number of amides is 3. The van der Waals surface area contributed by atoms with Crippen LogP contribution >= 0.6 is 11.3 Å². The SMILES string of the molecule is CCCCN(CC)S(=O)(=O)c1ccc(C(=O)Nc2sc3c(c2C(=O)NC)CCN(C(C)=O)C3)cc1. The Morgan fingerprint density at radius 3 is 2.37 bits per heavy atom. The molecule has 0 radical (unpaired) electrons. The van der Waals surface area contributed by atoms with Crippen molar-refractivity contribution in [1.82, 2.24) is 14.5 Å². The van der Waals surface area contributed by atoms with Gasteiger partial charge in [0.15, 0.2) is 0 Å². The van der Waals surface area contributed by atoms with Crippen LogP contribution < -0.4 is 10.6 Å². The fourth-order valence-corrected chi connectivity index (χ4v) is 6.75. The van der Waals surface area contributed by atoms with Gasteiger partial charge in [-0.3, -0.25) is 14.4 Å². The number of benzene rings is 1. The fourth-order valence-electron chi connectivity index (χ4n) is 4.01. The highest BCUT2D eigenvalue weighted by Crippen LogP contribution is 2.37. The van der Waals surface area contributed by atoms with Crippen molar-refractivity contribution in [3.05, 3.63) is 45.8 Å². The molecule has 0 bridgehead atoms. The van der Waals surface area contributed by atoms with Crippen LogP contribution in [0.25, 0.3) is 0 Å². The molecule has 0 unspecified atom stereocenters. The molecule has 2 aromatic rings. The van der Waals surface area contributed by atoms with Crippen LogP contribution in [0, 0.1) is 0 Å². The summed E-state index contributed by atoms with van der Waals surface area (Å²) in [6, 6.07) is 5.81. The Morgan fingerprint density at radius 2 is 1.80 bits per heavy atom. The molecule has 3 amide bonds. The first kappa shape index (κ1) is 26.8. The van der Waals surface area contributed by atoms with Crippen LogP contribution in [0.15, 0.2) is 29.2 Å². The maximum atomic E-state index is 13.0. The molecule has 0 saturated heterocycles. The van der Waals surface area contributed by atoms with E-state index in [0.717, 1.165) is 23.3 Å². The standard InChI is InChI=1S/C24H32N4O5S2/c1-5-7-13-28(6-2)35(32,33)18-10-8-17(9-11-18)22(30)26-24-21(23(31)25-4)19-12-14-27(16(3)29)15-20(19)34-24/h8-11H,5-7,12-15H2,1-4H3,(H,25,31)(H,26,30). The number of unbranched alkanes of at least 4 members (excludes halogenated alkanes) is 1. The number of sulfonamides is 1. The Kier molecular flexibility index (Phi) is 8.68. The van der Waals surface area contributed by atoms with Crippen molar-refractivity contribution in [2.75, 3.05) is 32.0 Å². The third-order valence-electron chi connectivity index (χ3n) is 6.05. The monoisotopic (exact) mass is 520 g/mol. The summed E-state index contributed by atoms with van der Waals surface area (Å²) in [6.45, 7) is 7.05. The number of carbonyl (C=O) groups excluding carboxylic acids is 3. The van der Waals surface area contributed by atoms with E-state index in [4.69, 9.17) is 0 Å². The largest absolute Gasteiger partial charge is 0.355 e. The van der Waals surface area contributed by atoms with Gasteiger partial charge in [0.1, 0.15) is 5.00 Å². The van der Waals surface area contributed by atoms with Crippen molar-refractivity contribution in [1.29, 1.82) is 0 Å². The van der Waals surface area contributed by atoms with Crippen molar-refractivity contribution in [3.8, 4) is 0 Å². The summed E-state index contributed by atoms with van der Waals surface area (Å²) < 4.78 is 27.3. The molecule has 0 spiro atoms. The van der Waals surface area contributed by atoms with E-state index in [-0.39, 0.29) is 22.3 Å². The molecule has 9 nitrogen and oxygen atoms in total. The molecule has 3 rings (SSSR count). The summed E-state index contributed by atoms with van der Waals surface area (Å²) in [5.41, 5.74) is 1.54. The summed E-state index contributed by atoms with van der Waals surface area (Å²) >= 11 is 1.28. The van der Waals surface area contributed by atoms with Gasteiger partial charge >= 0.3 is 0 Å². The molecule has 0 atom stereocenters. The minimum absolute atomic E-state index is 0.0393. The molecule has 1 aromatic carbocycles. The molecule has 0 aliphatic carbocycles. The first-order valence-electron chi connectivity index (χ1n) is 11.7. The quantitative estimate of drug-likeness (QED) is 0.527. The van der Waals surface area contributed by atoms with Crippen molar-refractivity contribution < 1.29 is 22.8 Å². The van der Waals surface area contributed by atoms with Gasteiger partial charge < -0.3 is 15.5 Å². The molecule has 35 heavy (non-hydrogen) atoms. The second-order valence-electron chi connectivity index (χ2n) is 8.31. The van der Waals surface area contributed by atoms with Gasteiger partial charge in [-0.15, -0.1) is 11.3 Å². The van der Waals surface area contributed by atoms with Crippen LogP contribution in [0.3, 0.4) is 0 Å². The first-order chi connectivity index (χ1) is 16.6. The molecule has 11 heteroatoms. The van der Waals surface area contributed by atoms with E-state index in [1.807, 2.05) is 6.92 Å². The third kappa shape index (κ3) is 5.74. The Labute approximate surface area is 210 Å². The van der Waals surface area contributed by atoms with Gasteiger partial charge in [0, 0.05) is 44.0 Å². The third-order valence-corrected chi connectivity index (χ3v) is 9.17. The average Bonchev–Trinajstić information content (AvgIpc) is 3.20. The summed E-state index contributed by atoms with van der Waals surface area (Å²) in [5.74, 6) is -0.788. The minimum atomic E-state index is -3.64. The number of hydrogen-bond donors (Lipinski definition) is 2. The van der Waals surface area contributed by atoms with E-state index in [0.29, 0.717) is 43.2 Å². The number of hydrogen-bond acceptors (Lipinski definition) is 6. The van der Waals surface area contributed by atoms with Crippen LogP contribution in [-0.4, -0.2) is 62.0 Å². The highest BCUT2D eigenvalue weighted by molar-refractivity contribution is 7.89. The zero-order valence-corrected chi connectivity index (χ0v) is 22.1. The van der Waals surface area contributed by atoms with Crippen LogP contribution in [0.5, 0.6) is 0 Å². The lowest BCUT2D eigenvalue weighted by molar-refractivity contribution is -0.129. The predicted molar refractivity (Wildman–Crippen MR) is 136 cm³/mol. The lowest BCUT2D eigenvalue weighted by Crippen LogP contribution is -2.34. The lowest BCUT2D eigenvalue weighted by atomic mass is 10.0. The summed E-state index contributed by atoms with van der Waals surface area (Å²) in [5, 5.41) is 5.86. The molecular formula is C24H32N4O5S2. The van der Waals surface area contributed by atoms with Crippen LogP contribution in [0.2, 0.25) is 0 Å². The van der Waals surface area contributed by atoms with Gasteiger partial charge in [0.25, 0.3) is 11.8 Å². The van der Waals surface area contributed by atoms with E-state index < -0.39 is 15.9 Å². The van der Waals surface area contributed by atoms with Gasteiger partial charge in [-0.2, -0.15) is 4.31 Å². The van der Waals surface area contributed by atoms with E-state index in [2.05, 4.69) is 10.6 Å². The van der Waals surface area contributed by atoms with Crippen LogP contribution in [0.4, 0.5) is 5.00 Å². The lowest BCUT2D eigenvalue weighted by Gasteiger charge is -2.25. The van der Waals surface area contributed by atoms with Gasteiger partial charge in [0.05, 0.1) is 17.0 Å². The van der Waals surface area contributed by atoms with Crippen LogP contribution in [-0.2, 0) is 27.8 Å². The van der Waals surface area contributed by atoms with E-state index in [1.165, 1.54) is 53.9 Å². The molecule has 190 valence electrons. The number of nitrogens with one attached hydrogen (secondary N) is 2. The van der Waals surface area contributed by atoms with Gasteiger partial charge in [-0.25, -0.2) is 8.42 Å². The van der Waals surface area contributed by atoms with E-state index in [9.17, 15) is 22.8 Å². The number of thiophene rings is 1. The highest BCUT2D eigenvalue weighted by Gasteiger charge is 2.29. The number of anilines is 1. The number of carbonyl (C=O) groups is 3. The fraction of sp³-hybridized carbons (Fsp3) is 0.458. The first-order valence-corrected chi connectivity index (χ1v) is 13.9. The maximum Gasteiger partial charge on any atom is 0.256 e. The normalized spacial score (nSPS) is 13.5. The second kappa shape index (κ2) is 11.3. The number of rotatable bonds is 9. The molecule has 1 aliphatic rings. The number of nitrogens with zero attached hydrogens (tertiary/aromatic N) is 2. The molecule has 2 N–H and O–H groups in total. The Morgan fingerprint density at radius 1 is 1.11 bits per heavy atom. The summed E-state index contributed by atoms with van der Waals surface area (Å²) in [6.07, 6.45) is 2.20. The molecule has 0 saturated carbocycles. The van der Waals surface area contributed by atoms with E-state index in [1.54, 1.807) is 11.8 Å². The second-order valence-corrected chi connectivity index (χ2v) is 11.3. The smallest absolute Gasteiger partial charge is 0.256 e. The molecular weight excluding hydrogens is 488 g/mol. The number of fused-ring (bicyclic) bond motifs is 1. The minimum Gasteiger partial charge on any atom is -0.355 e. The summed E-state index contributed by atoms with van der Waals surface area (Å²) in [7, 11) is -2.11. The zero-order chi connectivity index (χ0) is 25.8. The molecule has 1 aliphatic heterocycles. The predicted octanol–water partition coefficient (Wildman–Crippen LogP) is 3.08. The van der Waals surface area contributed by atoms with Gasteiger partial charge in [0.2, 0.25) is 15.9 Å². The Balaban J connectivity index is 1.84. The maximum absolute atomic E-state index is 13.0. The van der Waals surface area contributed by atoms with Gasteiger partial charge in [-0.05, 0) is 42.7 Å². The topological polar surface area (TPSA) is 116 Å². The molecule has 1 aromatic heterocycles. The highest BCUT2D eigenvalue weighted by atomic mass is 32.2. The Bertz CT molecular complexity index is 1210. The average molecular weight is 521 g/mol. The van der Waals surface area contributed by atoms with Crippen molar-refractivity contribution in [2.24, 2.45) is 0 Å². The summed E-state index contributed by atoms with van der Waals surface area (Å²) in [4.78, 5) is 40.1. The zero-order valence-electron chi connectivity index (χ0n) is 20.5. The van der Waals surface area contributed by atoms with E-state index >= 15 is 0 Å². The Hall–Kier alpha value is -2.76. The van der Waals surface area contributed by atoms with Crippen molar-refractivity contribution in [2.45, 2.75) is 51.5 Å². The van der Waals surface area contributed by atoms with Gasteiger partial charge in [-0.1, -0.05) is 20.3 Å². The van der Waals surface area contributed by atoms with Crippen LogP contribution in [0.1, 0.15) is 64.8 Å². The van der Waals surface area contributed by atoms with Crippen molar-refractivity contribution in [3.63, 3.8) is 0 Å².